The smallest absolute Gasteiger partial charge is 0.237 e. The summed E-state index contributed by atoms with van der Waals surface area (Å²) in [6, 6.07) is 5.90. The Bertz CT molecular complexity index is 517. The van der Waals surface area contributed by atoms with Crippen molar-refractivity contribution in [3.63, 3.8) is 0 Å². The molecular weight excluding hydrogens is 276 g/mol. The number of hydrogen-bond acceptors (Lipinski definition) is 3. The number of fused-ring (bicyclic) bond motifs is 1. The molecule has 1 heterocycles. The monoisotopic (exact) mass is 294 g/mol. The van der Waals surface area contributed by atoms with Gasteiger partial charge in [0.05, 0.1) is 6.04 Å². The van der Waals surface area contributed by atoms with Crippen LogP contribution in [0.15, 0.2) is 18.2 Å². The van der Waals surface area contributed by atoms with Gasteiger partial charge in [-0.1, -0.05) is 11.6 Å². The van der Waals surface area contributed by atoms with Gasteiger partial charge in [0.15, 0.2) is 0 Å². The van der Waals surface area contributed by atoms with E-state index >= 15 is 0 Å². The molecule has 4 nitrogen and oxygen atoms in total. The van der Waals surface area contributed by atoms with E-state index in [4.69, 9.17) is 16.3 Å². The van der Waals surface area contributed by atoms with E-state index in [1.165, 1.54) is 0 Å². The van der Waals surface area contributed by atoms with Crippen molar-refractivity contribution in [3.8, 4) is 5.75 Å². The minimum absolute atomic E-state index is 0.0691. The van der Waals surface area contributed by atoms with E-state index in [9.17, 15) is 4.79 Å². The van der Waals surface area contributed by atoms with E-state index in [1.807, 2.05) is 25.1 Å². The van der Waals surface area contributed by atoms with Gasteiger partial charge in [0, 0.05) is 24.0 Å². The van der Waals surface area contributed by atoms with Crippen molar-refractivity contribution in [3.05, 3.63) is 28.8 Å². The van der Waals surface area contributed by atoms with Gasteiger partial charge in [-0.25, -0.2) is 0 Å². The fourth-order valence-corrected chi connectivity index (χ4v) is 2.55. The number of nitrogens with one attached hydrogen (secondary N) is 2. The molecule has 0 spiro atoms. The van der Waals surface area contributed by atoms with Crippen molar-refractivity contribution in [2.24, 2.45) is 0 Å². The van der Waals surface area contributed by atoms with Crippen molar-refractivity contribution in [1.82, 2.24) is 10.6 Å². The molecule has 1 saturated carbocycles. The average Bonchev–Trinajstić information content (AvgIpc) is 3.13. The van der Waals surface area contributed by atoms with Crippen LogP contribution in [0.1, 0.15) is 25.3 Å². The highest BCUT2D eigenvalue weighted by molar-refractivity contribution is 6.30. The maximum Gasteiger partial charge on any atom is 0.237 e. The lowest BCUT2D eigenvalue weighted by atomic mass is 10.1. The van der Waals surface area contributed by atoms with Gasteiger partial charge in [0.1, 0.15) is 11.9 Å². The highest BCUT2D eigenvalue weighted by Crippen LogP contribution is 2.30. The minimum atomic E-state index is -0.188. The standard InChI is InChI=1S/C15H19ClN2O2/c1-9(15(19)18-12-3-4-12)17-8-13-7-10-6-11(16)2-5-14(10)20-13/h2,5-6,9,12-13,17H,3-4,7-8H2,1H3,(H,18,19). The highest BCUT2D eigenvalue weighted by atomic mass is 35.5. The summed E-state index contributed by atoms with van der Waals surface area (Å²) < 4.78 is 5.83. The molecule has 1 aliphatic carbocycles. The number of halogens is 1. The summed E-state index contributed by atoms with van der Waals surface area (Å²) in [4.78, 5) is 11.8. The number of amides is 1. The molecule has 3 rings (SSSR count). The van der Waals surface area contributed by atoms with Crippen molar-refractivity contribution in [1.29, 1.82) is 0 Å². The number of benzene rings is 1. The first-order chi connectivity index (χ1) is 9.61. The quantitative estimate of drug-likeness (QED) is 0.872. The predicted octanol–water partition coefficient (Wildman–Crippen LogP) is 1.90. The lowest BCUT2D eigenvalue weighted by molar-refractivity contribution is -0.122. The van der Waals surface area contributed by atoms with Gasteiger partial charge in [-0.3, -0.25) is 4.79 Å². The van der Waals surface area contributed by atoms with E-state index in [0.29, 0.717) is 12.6 Å². The zero-order valence-corrected chi connectivity index (χ0v) is 12.2. The van der Waals surface area contributed by atoms with Crippen LogP contribution in [-0.2, 0) is 11.2 Å². The first-order valence-corrected chi connectivity index (χ1v) is 7.48. The molecule has 1 fully saturated rings. The second-order valence-electron chi connectivity index (χ2n) is 5.61. The van der Waals surface area contributed by atoms with Crippen molar-refractivity contribution in [2.45, 2.75) is 44.4 Å². The first-order valence-electron chi connectivity index (χ1n) is 7.10. The van der Waals surface area contributed by atoms with Gasteiger partial charge in [0.2, 0.25) is 5.91 Å². The number of ether oxygens (including phenoxy) is 1. The highest BCUT2D eigenvalue weighted by Gasteiger charge is 2.27. The van der Waals surface area contributed by atoms with Crippen LogP contribution in [-0.4, -0.2) is 30.6 Å². The molecule has 1 aliphatic heterocycles. The molecule has 2 aliphatic rings. The molecule has 1 aromatic carbocycles. The Kier molecular flexibility index (Phi) is 3.85. The normalized spacial score (nSPS) is 22.0. The van der Waals surface area contributed by atoms with Crippen molar-refractivity contribution < 1.29 is 9.53 Å². The maximum atomic E-state index is 11.8. The van der Waals surface area contributed by atoms with Crippen LogP contribution in [0.25, 0.3) is 0 Å². The SMILES string of the molecule is CC(NCC1Cc2cc(Cl)ccc2O1)C(=O)NC1CC1. The number of carbonyl (C=O) groups is 1. The molecule has 20 heavy (non-hydrogen) atoms. The van der Waals surface area contributed by atoms with Gasteiger partial charge >= 0.3 is 0 Å². The van der Waals surface area contributed by atoms with Gasteiger partial charge in [0.25, 0.3) is 0 Å². The van der Waals surface area contributed by atoms with Crippen LogP contribution in [0.2, 0.25) is 5.02 Å². The largest absolute Gasteiger partial charge is 0.488 e. The third-order valence-corrected chi connectivity index (χ3v) is 3.97. The second kappa shape index (κ2) is 5.62. The van der Waals surface area contributed by atoms with Crippen molar-refractivity contribution in [2.75, 3.05) is 6.54 Å². The average molecular weight is 295 g/mol. The molecule has 0 saturated heterocycles. The summed E-state index contributed by atoms with van der Waals surface area (Å²) in [5.41, 5.74) is 1.14. The van der Waals surface area contributed by atoms with E-state index in [2.05, 4.69) is 10.6 Å². The third kappa shape index (κ3) is 3.25. The van der Waals surface area contributed by atoms with Crippen LogP contribution in [0, 0.1) is 0 Å². The zero-order chi connectivity index (χ0) is 14.1. The molecule has 0 aromatic heterocycles. The predicted molar refractivity (Wildman–Crippen MR) is 78.2 cm³/mol. The molecule has 1 aromatic rings. The maximum absolute atomic E-state index is 11.8. The zero-order valence-electron chi connectivity index (χ0n) is 11.5. The summed E-state index contributed by atoms with van der Waals surface area (Å²) in [5, 5.41) is 6.97. The van der Waals surface area contributed by atoms with E-state index in [-0.39, 0.29) is 18.1 Å². The Morgan fingerprint density at radius 1 is 1.50 bits per heavy atom. The molecule has 2 atom stereocenters. The molecule has 0 radical (unpaired) electrons. The Morgan fingerprint density at radius 3 is 3.05 bits per heavy atom. The van der Waals surface area contributed by atoms with Gasteiger partial charge < -0.3 is 15.4 Å². The van der Waals surface area contributed by atoms with Crippen LogP contribution in [0.4, 0.5) is 0 Å². The summed E-state index contributed by atoms with van der Waals surface area (Å²) in [6.07, 6.45) is 3.13. The summed E-state index contributed by atoms with van der Waals surface area (Å²) in [6.45, 7) is 2.54. The third-order valence-electron chi connectivity index (χ3n) is 3.73. The summed E-state index contributed by atoms with van der Waals surface area (Å²) >= 11 is 5.97. The minimum Gasteiger partial charge on any atom is -0.488 e. The van der Waals surface area contributed by atoms with E-state index < -0.39 is 0 Å². The molecule has 108 valence electrons. The van der Waals surface area contributed by atoms with E-state index in [0.717, 1.165) is 35.6 Å². The Morgan fingerprint density at radius 2 is 2.30 bits per heavy atom. The van der Waals surface area contributed by atoms with Crippen LogP contribution in [0.3, 0.4) is 0 Å². The van der Waals surface area contributed by atoms with Gasteiger partial charge in [-0.05, 0) is 43.5 Å². The number of carbonyl (C=O) groups excluding carboxylic acids is 1. The lowest BCUT2D eigenvalue weighted by Crippen LogP contribution is -2.46. The topological polar surface area (TPSA) is 50.4 Å². The Labute approximate surface area is 123 Å². The summed E-state index contributed by atoms with van der Waals surface area (Å²) in [5.74, 6) is 0.974. The fourth-order valence-electron chi connectivity index (χ4n) is 2.36. The Balaban J connectivity index is 1.47. The van der Waals surface area contributed by atoms with Crippen molar-refractivity contribution >= 4 is 17.5 Å². The molecule has 2 N–H and O–H groups in total. The fraction of sp³-hybridized carbons (Fsp3) is 0.533. The molecule has 2 unspecified atom stereocenters. The van der Waals surface area contributed by atoms with Crippen LogP contribution >= 0.6 is 11.6 Å². The first kappa shape index (κ1) is 13.7. The lowest BCUT2D eigenvalue weighted by Gasteiger charge is -2.17. The number of rotatable bonds is 5. The number of hydrogen-bond donors (Lipinski definition) is 2. The Hall–Kier alpha value is -1.26. The van der Waals surface area contributed by atoms with Crippen LogP contribution < -0.4 is 15.4 Å². The molecule has 1 amide bonds. The van der Waals surface area contributed by atoms with Gasteiger partial charge in [-0.2, -0.15) is 0 Å². The van der Waals surface area contributed by atoms with Crippen LogP contribution in [0.5, 0.6) is 5.75 Å². The van der Waals surface area contributed by atoms with E-state index in [1.54, 1.807) is 0 Å². The molecular formula is C15H19ClN2O2. The molecule has 5 heteroatoms. The summed E-state index contributed by atoms with van der Waals surface area (Å²) in [7, 11) is 0. The van der Waals surface area contributed by atoms with Gasteiger partial charge in [-0.15, -0.1) is 0 Å². The molecule has 0 bridgehead atoms. The second-order valence-corrected chi connectivity index (χ2v) is 6.05.